The normalized spacial score (nSPS) is 26.2. The summed E-state index contributed by atoms with van der Waals surface area (Å²) < 4.78 is 39.6. The van der Waals surface area contributed by atoms with Gasteiger partial charge in [-0.3, -0.25) is 4.79 Å². The fraction of sp³-hybridized carbons (Fsp3) is 0.533. The van der Waals surface area contributed by atoms with Gasteiger partial charge in [0.1, 0.15) is 0 Å². The zero-order chi connectivity index (χ0) is 14.5. The number of carbonyl (C=O) groups excluding carboxylic acids is 1. The Morgan fingerprint density at radius 1 is 1.15 bits per heavy atom. The van der Waals surface area contributed by atoms with E-state index in [2.05, 4.69) is 0 Å². The summed E-state index contributed by atoms with van der Waals surface area (Å²) in [6.45, 7) is 1.63. The number of halogens is 3. The Hall–Kier alpha value is -1.52. The summed E-state index contributed by atoms with van der Waals surface area (Å²) in [6.07, 6.45) is -1.19. The van der Waals surface area contributed by atoms with Crippen LogP contribution in [0.25, 0.3) is 0 Å². The minimum atomic E-state index is -4.43. The molecule has 2 aliphatic heterocycles. The maximum atomic E-state index is 13.2. The maximum Gasteiger partial charge on any atom is 0.418 e. The topological polar surface area (TPSA) is 20.3 Å². The lowest BCUT2D eigenvalue weighted by molar-refractivity contribution is -0.137. The minimum Gasteiger partial charge on any atom is -0.309 e. The first kappa shape index (κ1) is 13.5. The van der Waals surface area contributed by atoms with Crippen LogP contribution in [0, 0.1) is 12.8 Å². The third kappa shape index (κ3) is 2.09. The predicted molar refractivity (Wildman–Crippen MR) is 69.4 cm³/mol. The summed E-state index contributed by atoms with van der Waals surface area (Å²) in [5.41, 5.74) is -0.114. The summed E-state index contributed by atoms with van der Waals surface area (Å²) in [5, 5.41) is 0. The van der Waals surface area contributed by atoms with Crippen molar-refractivity contribution in [1.29, 1.82) is 0 Å². The molecule has 0 spiro atoms. The Bertz CT molecular complexity index is 545. The molecule has 4 rings (SSSR count). The molecule has 2 saturated heterocycles. The number of anilines is 1. The van der Waals surface area contributed by atoms with Gasteiger partial charge in [0.15, 0.2) is 0 Å². The van der Waals surface area contributed by atoms with E-state index in [1.807, 2.05) is 0 Å². The highest BCUT2D eigenvalue weighted by molar-refractivity contribution is 5.98. The highest BCUT2D eigenvalue weighted by Gasteiger charge is 2.44. The predicted octanol–water partition coefficient (Wildman–Crippen LogP) is 3.92. The van der Waals surface area contributed by atoms with Crippen LogP contribution >= 0.6 is 0 Å². The number of amides is 1. The molecule has 1 amide bonds. The average molecular weight is 283 g/mol. The van der Waals surface area contributed by atoms with Gasteiger partial charge in [-0.15, -0.1) is 0 Å². The zero-order valence-corrected chi connectivity index (χ0v) is 11.2. The van der Waals surface area contributed by atoms with Crippen LogP contribution in [0.3, 0.4) is 0 Å². The molecule has 2 heterocycles. The van der Waals surface area contributed by atoms with Crippen LogP contribution < -0.4 is 4.90 Å². The van der Waals surface area contributed by atoms with Gasteiger partial charge >= 0.3 is 6.18 Å². The van der Waals surface area contributed by atoms with E-state index in [0.29, 0.717) is 5.56 Å². The Kier molecular flexibility index (Phi) is 3.03. The van der Waals surface area contributed by atoms with Gasteiger partial charge in [0.25, 0.3) is 0 Å². The molecule has 1 aliphatic carbocycles. The standard InChI is InChI=1S/C15H16F3NO/c1-9-2-7-13(12(8-9)15(16,17)18)19-11-5-3-10(4-6-11)14(19)20/h2,7-8,10-11H,3-6H2,1H3. The maximum absolute atomic E-state index is 13.2. The van der Waals surface area contributed by atoms with E-state index < -0.39 is 11.7 Å². The quantitative estimate of drug-likeness (QED) is 0.765. The van der Waals surface area contributed by atoms with E-state index in [1.54, 1.807) is 13.0 Å². The Balaban J connectivity index is 2.08. The molecule has 0 atom stereocenters. The molecule has 2 nitrogen and oxygen atoms in total. The first-order valence-corrected chi connectivity index (χ1v) is 6.89. The van der Waals surface area contributed by atoms with Gasteiger partial charge in [-0.2, -0.15) is 13.2 Å². The first-order chi connectivity index (χ1) is 9.38. The van der Waals surface area contributed by atoms with Gasteiger partial charge in [-0.25, -0.2) is 0 Å². The summed E-state index contributed by atoms with van der Waals surface area (Å²) in [5.74, 6) is -0.232. The van der Waals surface area contributed by atoms with Crippen LogP contribution in [0.15, 0.2) is 18.2 Å². The summed E-state index contributed by atoms with van der Waals surface area (Å²) in [6, 6.07) is 4.14. The summed E-state index contributed by atoms with van der Waals surface area (Å²) >= 11 is 0. The first-order valence-electron chi connectivity index (χ1n) is 6.89. The number of nitrogens with zero attached hydrogens (tertiary/aromatic N) is 1. The van der Waals surface area contributed by atoms with E-state index in [-0.39, 0.29) is 23.6 Å². The van der Waals surface area contributed by atoms with E-state index in [4.69, 9.17) is 0 Å². The van der Waals surface area contributed by atoms with Crippen LogP contribution in [0.4, 0.5) is 18.9 Å². The number of hydrogen-bond acceptors (Lipinski definition) is 1. The van der Waals surface area contributed by atoms with Crippen molar-refractivity contribution < 1.29 is 18.0 Å². The Morgan fingerprint density at radius 3 is 2.35 bits per heavy atom. The van der Waals surface area contributed by atoms with Gasteiger partial charge in [-0.1, -0.05) is 11.6 Å². The number of aryl methyl sites for hydroxylation is 1. The molecular weight excluding hydrogens is 267 g/mol. The van der Waals surface area contributed by atoms with E-state index in [1.165, 1.54) is 11.0 Å². The number of rotatable bonds is 1. The van der Waals surface area contributed by atoms with Crippen molar-refractivity contribution in [2.24, 2.45) is 5.92 Å². The molecule has 0 aromatic heterocycles. The largest absolute Gasteiger partial charge is 0.418 e. The number of piperidine rings is 2. The fourth-order valence-electron chi connectivity index (χ4n) is 3.36. The van der Waals surface area contributed by atoms with E-state index in [9.17, 15) is 18.0 Å². The molecule has 0 radical (unpaired) electrons. The highest BCUT2D eigenvalue weighted by Crippen LogP contribution is 2.44. The molecule has 108 valence electrons. The molecule has 20 heavy (non-hydrogen) atoms. The van der Waals surface area contributed by atoms with Gasteiger partial charge < -0.3 is 4.90 Å². The molecule has 0 unspecified atom stereocenters. The third-order valence-electron chi connectivity index (χ3n) is 4.37. The highest BCUT2D eigenvalue weighted by atomic mass is 19.4. The lowest BCUT2D eigenvalue weighted by Gasteiger charge is -2.45. The van der Waals surface area contributed by atoms with Gasteiger partial charge in [0.05, 0.1) is 11.3 Å². The molecule has 5 heteroatoms. The number of fused-ring (bicyclic) bond motifs is 3. The van der Waals surface area contributed by atoms with Crippen molar-refractivity contribution >= 4 is 11.6 Å². The molecule has 0 N–H and O–H groups in total. The van der Waals surface area contributed by atoms with E-state index >= 15 is 0 Å². The SMILES string of the molecule is Cc1ccc(N2C(=O)C3CCC2CC3)c(C(F)(F)F)c1. The van der Waals surface area contributed by atoms with Crippen LogP contribution in [-0.2, 0) is 11.0 Å². The minimum absolute atomic E-state index is 0.0301. The molecule has 1 aromatic rings. The van der Waals surface area contributed by atoms with Gasteiger partial charge in [0.2, 0.25) is 5.91 Å². The van der Waals surface area contributed by atoms with Crippen LogP contribution in [0.2, 0.25) is 0 Å². The van der Waals surface area contributed by atoms with Crippen LogP contribution in [-0.4, -0.2) is 11.9 Å². The second kappa shape index (κ2) is 4.50. The molecular formula is C15H16F3NO. The van der Waals surface area contributed by atoms with Crippen molar-refractivity contribution in [2.45, 2.75) is 44.8 Å². The Morgan fingerprint density at radius 2 is 1.80 bits per heavy atom. The molecule has 3 fully saturated rings. The van der Waals surface area contributed by atoms with Crippen molar-refractivity contribution in [2.75, 3.05) is 4.90 Å². The second-order valence-corrected chi connectivity index (χ2v) is 5.73. The number of alkyl halides is 3. The molecule has 1 aromatic carbocycles. The smallest absolute Gasteiger partial charge is 0.309 e. The van der Waals surface area contributed by atoms with Crippen molar-refractivity contribution in [1.82, 2.24) is 0 Å². The van der Waals surface area contributed by atoms with Crippen LogP contribution in [0.5, 0.6) is 0 Å². The van der Waals surface area contributed by atoms with Crippen LogP contribution in [0.1, 0.15) is 36.8 Å². The lowest BCUT2D eigenvalue weighted by atomic mass is 9.78. The number of carbonyl (C=O) groups is 1. The van der Waals surface area contributed by atoms with Crippen molar-refractivity contribution in [3.8, 4) is 0 Å². The number of benzene rings is 1. The summed E-state index contributed by atoms with van der Waals surface area (Å²) in [7, 11) is 0. The molecule has 1 saturated carbocycles. The monoisotopic (exact) mass is 283 g/mol. The molecule has 3 aliphatic rings. The Labute approximate surface area is 115 Å². The van der Waals surface area contributed by atoms with E-state index in [0.717, 1.165) is 31.7 Å². The van der Waals surface area contributed by atoms with Gasteiger partial charge in [0, 0.05) is 12.0 Å². The lowest BCUT2D eigenvalue weighted by Crippen LogP contribution is -2.53. The molecule has 2 bridgehead atoms. The summed E-state index contributed by atoms with van der Waals surface area (Å²) in [4.78, 5) is 13.7. The third-order valence-corrected chi connectivity index (χ3v) is 4.37. The average Bonchev–Trinajstić information content (AvgIpc) is 2.40. The van der Waals surface area contributed by atoms with Crippen molar-refractivity contribution in [3.05, 3.63) is 29.3 Å². The van der Waals surface area contributed by atoms with Gasteiger partial charge in [-0.05, 0) is 44.7 Å². The zero-order valence-electron chi connectivity index (χ0n) is 11.2. The second-order valence-electron chi connectivity index (χ2n) is 5.73. The number of hydrogen-bond donors (Lipinski definition) is 0. The fourth-order valence-corrected chi connectivity index (χ4v) is 3.36. The van der Waals surface area contributed by atoms with Crippen molar-refractivity contribution in [3.63, 3.8) is 0 Å².